The van der Waals surface area contributed by atoms with Crippen molar-refractivity contribution in [2.75, 3.05) is 12.4 Å². The maximum atomic E-state index is 5.76. The molecule has 118 valence electrons. The first-order valence-electron chi connectivity index (χ1n) is 8.28. The second-order valence-corrected chi connectivity index (χ2v) is 6.30. The highest BCUT2D eigenvalue weighted by molar-refractivity contribution is 6.17. The largest absolute Gasteiger partial charge is 0.281 e. The van der Waals surface area contributed by atoms with Crippen LogP contribution in [0, 0.1) is 11.8 Å². The number of hydrogen-bond acceptors (Lipinski definition) is 1. The minimum absolute atomic E-state index is 0.190. The average molecular weight is 324 g/mol. The minimum atomic E-state index is 0.190. The Balaban J connectivity index is 1.84. The second kappa shape index (κ2) is 8.20. The van der Waals surface area contributed by atoms with Crippen molar-refractivity contribution in [3.8, 4) is 11.8 Å². The molecule has 0 bridgehead atoms. The van der Waals surface area contributed by atoms with Gasteiger partial charge in [0.25, 0.3) is 0 Å². The number of unbranched alkanes of at least 4 members (excludes halogenated alkanes) is 1. The van der Waals surface area contributed by atoms with Gasteiger partial charge in [0.15, 0.2) is 0 Å². The van der Waals surface area contributed by atoms with Gasteiger partial charge >= 0.3 is 0 Å². The van der Waals surface area contributed by atoms with Gasteiger partial charge in [0.1, 0.15) is 0 Å². The molecule has 2 heteroatoms. The molecule has 0 saturated heterocycles. The zero-order valence-corrected chi connectivity index (χ0v) is 14.1. The fourth-order valence-electron chi connectivity index (χ4n) is 3.10. The fraction of sp³-hybridized carbons (Fsp3) is 0.333. The third-order valence-electron chi connectivity index (χ3n) is 4.29. The second-order valence-electron chi connectivity index (χ2n) is 5.92. The van der Waals surface area contributed by atoms with E-state index >= 15 is 0 Å². The standard InChI is InChI=1S/C21H22ClN/c22-15-8-2-5-13-21-20-12-7-6-11-19(20)14-16-23(21)17-18-9-3-1-4-10-18/h1,3-4,6-7,9-12,21H,2,8,14-17H2. The fourth-order valence-corrected chi connectivity index (χ4v) is 3.23. The summed E-state index contributed by atoms with van der Waals surface area (Å²) in [7, 11) is 0. The van der Waals surface area contributed by atoms with Gasteiger partial charge in [0.2, 0.25) is 0 Å². The van der Waals surface area contributed by atoms with Gasteiger partial charge in [0, 0.05) is 25.4 Å². The van der Waals surface area contributed by atoms with E-state index in [0.29, 0.717) is 5.88 Å². The van der Waals surface area contributed by atoms with Crippen LogP contribution in [0.1, 0.15) is 35.6 Å². The van der Waals surface area contributed by atoms with Crippen LogP contribution in [0.3, 0.4) is 0 Å². The van der Waals surface area contributed by atoms with Crippen molar-refractivity contribution >= 4 is 11.6 Å². The summed E-state index contributed by atoms with van der Waals surface area (Å²) < 4.78 is 0. The van der Waals surface area contributed by atoms with Crippen LogP contribution < -0.4 is 0 Å². The van der Waals surface area contributed by atoms with Crippen LogP contribution in [0.4, 0.5) is 0 Å². The number of alkyl halides is 1. The van der Waals surface area contributed by atoms with Crippen molar-refractivity contribution < 1.29 is 0 Å². The van der Waals surface area contributed by atoms with E-state index in [0.717, 1.165) is 32.4 Å². The number of hydrogen-bond donors (Lipinski definition) is 0. The van der Waals surface area contributed by atoms with Crippen molar-refractivity contribution in [1.29, 1.82) is 0 Å². The highest BCUT2D eigenvalue weighted by Gasteiger charge is 2.25. The van der Waals surface area contributed by atoms with Gasteiger partial charge < -0.3 is 0 Å². The lowest BCUT2D eigenvalue weighted by Gasteiger charge is -2.34. The summed E-state index contributed by atoms with van der Waals surface area (Å²) in [5, 5.41) is 0. The zero-order valence-electron chi connectivity index (χ0n) is 13.3. The Bertz CT molecular complexity index is 684. The molecule has 0 radical (unpaired) electrons. The topological polar surface area (TPSA) is 3.24 Å². The van der Waals surface area contributed by atoms with Gasteiger partial charge in [-0.25, -0.2) is 0 Å². The molecule has 2 aromatic carbocycles. The Kier molecular flexibility index (Phi) is 5.75. The van der Waals surface area contributed by atoms with Crippen molar-refractivity contribution in [3.63, 3.8) is 0 Å². The molecule has 0 aromatic heterocycles. The molecule has 0 aliphatic carbocycles. The maximum Gasteiger partial charge on any atom is 0.0976 e. The van der Waals surface area contributed by atoms with Crippen LogP contribution in [0.15, 0.2) is 54.6 Å². The van der Waals surface area contributed by atoms with Crippen molar-refractivity contribution in [3.05, 3.63) is 71.3 Å². The van der Waals surface area contributed by atoms with Crippen LogP contribution in [-0.4, -0.2) is 17.3 Å². The number of rotatable bonds is 4. The molecule has 0 saturated carbocycles. The van der Waals surface area contributed by atoms with Gasteiger partial charge in [-0.05, 0) is 29.5 Å². The van der Waals surface area contributed by atoms with Crippen molar-refractivity contribution in [2.24, 2.45) is 0 Å². The van der Waals surface area contributed by atoms with Gasteiger partial charge in [-0.3, -0.25) is 4.90 Å². The number of benzene rings is 2. The van der Waals surface area contributed by atoms with Crippen LogP contribution in [0.5, 0.6) is 0 Å². The molecule has 0 spiro atoms. The van der Waals surface area contributed by atoms with Crippen LogP contribution in [-0.2, 0) is 13.0 Å². The SMILES string of the molecule is ClCCCC#CC1c2ccccc2CCN1Cc1ccccc1. The van der Waals surface area contributed by atoms with E-state index in [4.69, 9.17) is 11.6 Å². The molecule has 1 heterocycles. The van der Waals surface area contributed by atoms with Crippen LogP contribution >= 0.6 is 11.6 Å². The summed E-state index contributed by atoms with van der Waals surface area (Å²) >= 11 is 5.76. The summed E-state index contributed by atoms with van der Waals surface area (Å²) in [5.41, 5.74) is 4.15. The molecule has 2 aromatic rings. The average Bonchev–Trinajstić information content (AvgIpc) is 2.61. The lowest BCUT2D eigenvalue weighted by atomic mass is 9.92. The first kappa shape index (κ1) is 16.1. The smallest absolute Gasteiger partial charge is 0.0976 e. The van der Waals surface area contributed by atoms with Crippen LogP contribution in [0.25, 0.3) is 0 Å². The first-order valence-corrected chi connectivity index (χ1v) is 8.82. The first-order chi connectivity index (χ1) is 11.4. The minimum Gasteiger partial charge on any atom is -0.281 e. The molecule has 0 fully saturated rings. The Hall–Kier alpha value is -1.75. The third kappa shape index (κ3) is 4.16. The summed E-state index contributed by atoms with van der Waals surface area (Å²) in [6, 6.07) is 19.6. The van der Waals surface area contributed by atoms with E-state index in [-0.39, 0.29) is 6.04 Å². The highest BCUT2D eigenvalue weighted by atomic mass is 35.5. The zero-order chi connectivity index (χ0) is 15.9. The lowest BCUT2D eigenvalue weighted by Crippen LogP contribution is -2.34. The van der Waals surface area contributed by atoms with E-state index < -0.39 is 0 Å². The Morgan fingerprint density at radius 2 is 1.83 bits per heavy atom. The molecule has 23 heavy (non-hydrogen) atoms. The number of halogens is 1. The maximum absolute atomic E-state index is 5.76. The van der Waals surface area contributed by atoms with Gasteiger partial charge in [0.05, 0.1) is 6.04 Å². The Morgan fingerprint density at radius 3 is 2.65 bits per heavy atom. The molecule has 1 atom stereocenters. The quantitative estimate of drug-likeness (QED) is 0.443. The molecular formula is C21H22ClN. The van der Waals surface area contributed by atoms with Crippen LogP contribution in [0.2, 0.25) is 0 Å². The van der Waals surface area contributed by atoms with Gasteiger partial charge in [-0.1, -0.05) is 60.5 Å². The summed E-state index contributed by atoms with van der Waals surface area (Å²) in [6.45, 7) is 2.00. The Morgan fingerprint density at radius 1 is 1.04 bits per heavy atom. The molecule has 1 aliphatic rings. The molecule has 0 amide bonds. The van der Waals surface area contributed by atoms with E-state index in [9.17, 15) is 0 Å². The molecule has 1 unspecified atom stereocenters. The molecule has 0 N–H and O–H groups in total. The molecule has 1 aliphatic heterocycles. The normalized spacial score (nSPS) is 17.2. The van der Waals surface area contributed by atoms with Gasteiger partial charge in [-0.2, -0.15) is 0 Å². The molecular weight excluding hydrogens is 302 g/mol. The van der Waals surface area contributed by atoms with Crippen molar-refractivity contribution in [2.45, 2.75) is 31.8 Å². The summed E-state index contributed by atoms with van der Waals surface area (Å²) in [5.74, 6) is 7.52. The van der Waals surface area contributed by atoms with E-state index in [1.54, 1.807) is 0 Å². The predicted molar refractivity (Wildman–Crippen MR) is 97.5 cm³/mol. The monoisotopic (exact) mass is 323 g/mol. The van der Waals surface area contributed by atoms with E-state index in [1.165, 1.54) is 16.7 Å². The molecule has 1 nitrogen and oxygen atoms in total. The van der Waals surface area contributed by atoms with E-state index in [1.807, 2.05) is 0 Å². The predicted octanol–water partition coefficient (Wildman–Crippen LogP) is 4.81. The lowest BCUT2D eigenvalue weighted by molar-refractivity contribution is 0.216. The number of nitrogens with zero attached hydrogens (tertiary/aromatic N) is 1. The third-order valence-corrected chi connectivity index (χ3v) is 4.55. The highest BCUT2D eigenvalue weighted by Crippen LogP contribution is 2.30. The Labute approximate surface area is 144 Å². The summed E-state index contributed by atoms with van der Waals surface area (Å²) in [4.78, 5) is 2.49. The van der Waals surface area contributed by atoms with Crippen molar-refractivity contribution in [1.82, 2.24) is 4.90 Å². The van der Waals surface area contributed by atoms with E-state index in [2.05, 4.69) is 71.3 Å². The van der Waals surface area contributed by atoms with Gasteiger partial charge in [-0.15, -0.1) is 17.5 Å². The molecule has 3 rings (SSSR count). The summed E-state index contributed by atoms with van der Waals surface area (Å²) in [6.07, 6.45) is 2.94. The number of fused-ring (bicyclic) bond motifs is 1.